The zero-order chi connectivity index (χ0) is 17.5. The summed E-state index contributed by atoms with van der Waals surface area (Å²) < 4.78 is 5.82. The molecule has 2 rings (SSSR count). The third-order valence-electron chi connectivity index (χ3n) is 4.05. The van der Waals surface area contributed by atoms with Gasteiger partial charge in [-0.3, -0.25) is 9.59 Å². The van der Waals surface area contributed by atoms with Crippen LogP contribution in [0.4, 0.5) is 0 Å². The first-order valence-electron chi connectivity index (χ1n) is 8.43. The van der Waals surface area contributed by atoms with Crippen LogP contribution in [0.15, 0.2) is 36.9 Å². The predicted molar refractivity (Wildman–Crippen MR) is 93.6 cm³/mol. The summed E-state index contributed by atoms with van der Waals surface area (Å²) in [5.74, 6) is -0.152. The number of benzene rings is 1. The van der Waals surface area contributed by atoms with E-state index in [0.29, 0.717) is 12.1 Å². The van der Waals surface area contributed by atoms with Crippen molar-refractivity contribution in [1.29, 1.82) is 0 Å². The Morgan fingerprint density at radius 2 is 1.92 bits per heavy atom. The third kappa shape index (κ3) is 5.20. The van der Waals surface area contributed by atoms with Gasteiger partial charge in [0.1, 0.15) is 0 Å². The van der Waals surface area contributed by atoms with Crippen molar-refractivity contribution in [2.24, 2.45) is 0 Å². The van der Waals surface area contributed by atoms with Gasteiger partial charge in [0.05, 0.1) is 12.2 Å². The van der Waals surface area contributed by atoms with Crippen molar-refractivity contribution in [2.75, 3.05) is 13.1 Å². The van der Waals surface area contributed by atoms with E-state index in [4.69, 9.17) is 4.74 Å². The monoisotopic (exact) mass is 330 g/mol. The maximum atomic E-state index is 12.6. The second-order valence-electron chi connectivity index (χ2n) is 6.30. The second-order valence-corrected chi connectivity index (χ2v) is 6.30. The molecule has 5 nitrogen and oxygen atoms in total. The van der Waals surface area contributed by atoms with Gasteiger partial charge in [-0.25, -0.2) is 0 Å². The molecule has 5 heteroatoms. The summed E-state index contributed by atoms with van der Waals surface area (Å²) in [4.78, 5) is 25.6. The van der Waals surface area contributed by atoms with E-state index in [1.54, 1.807) is 0 Å². The van der Waals surface area contributed by atoms with Gasteiger partial charge >= 0.3 is 0 Å². The Hall–Kier alpha value is -2.14. The number of nitrogens with zero attached hydrogens (tertiary/aromatic N) is 1. The van der Waals surface area contributed by atoms with Crippen LogP contribution in [0.2, 0.25) is 0 Å². The Morgan fingerprint density at radius 1 is 1.29 bits per heavy atom. The first kappa shape index (κ1) is 18.2. The standard InChI is InChI=1S/C19H26N2O3/c1-4-18(22)20-13-15-5-7-16(8-6-15)19(23)21-11-9-17(10-12-21)24-14(2)3/h4-8,14,17H,1,9-13H2,2-3H3,(H,20,22). The Labute approximate surface area is 143 Å². The highest BCUT2D eigenvalue weighted by molar-refractivity contribution is 5.94. The fourth-order valence-electron chi connectivity index (χ4n) is 2.79. The first-order chi connectivity index (χ1) is 11.5. The lowest BCUT2D eigenvalue weighted by Gasteiger charge is -2.33. The highest BCUT2D eigenvalue weighted by atomic mass is 16.5. The van der Waals surface area contributed by atoms with E-state index in [-0.39, 0.29) is 24.0 Å². The van der Waals surface area contributed by atoms with Gasteiger partial charge < -0.3 is 15.0 Å². The van der Waals surface area contributed by atoms with Crippen LogP contribution in [-0.4, -0.2) is 42.0 Å². The van der Waals surface area contributed by atoms with E-state index in [2.05, 4.69) is 11.9 Å². The minimum atomic E-state index is -0.207. The molecule has 1 fully saturated rings. The number of nitrogens with one attached hydrogen (secondary N) is 1. The number of hydrogen-bond acceptors (Lipinski definition) is 3. The van der Waals surface area contributed by atoms with E-state index < -0.39 is 0 Å². The summed E-state index contributed by atoms with van der Waals surface area (Å²) >= 11 is 0. The third-order valence-corrected chi connectivity index (χ3v) is 4.05. The van der Waals surface area contributed by atoms with Crippen LogP contribution < -0.4 is 5.32 Å². The van der Waals surface area contributed by atoms with E-state index in [9.17, 15) is 9.59 Å². The Balaban J connectivity index is 1.86. The van der Waals surface area contributed by atoms with Gasteiger partial charge in [0.25, 0.3) is 5.91 Å². The Kier molecular flexibility index (Phi) is 6.55. The summed E-state index contributed by atoms with van der Waals surface area (Å²) in [5.41, 5.74) is 1.63. The molecule has 0 unspecified atom stereocenters. The van der Waals surface area contributed by atoms with Gasteiger partial charge in [-0.05, 0) is 50.5 Å². The summed E-state index contributed by atoms with van der Waals surface area (Å²) in [6.07, 6.45) is 3.49. The maximum absolute atomic E-state index is 12.6. The van der Waals surface area contributed by atoms with E-state index in [0.717, 1.165) is 31.5 Å². The number of hydrogen-bond donors (Lipinski definition) is 1. The number of rotatable bonds is 6. The molecule has 24 heavy (non-hydrogen) atoms. The van der Waals surface area contributed by atoms with Gasteiger partial charge in [-0.15, -0.1) is 0 Å². The number of carbonyl (C=O) groups excluding carboxylic acids is 2. The lowest BCUT2D eigenvalue weighted by Crippen LogP contribution is -2.41. The SMILES string of the molecule is C=CC(=O)NCc1ccc(C(=O)N2CCC(OC(C)C)CC2)cc1. The molecule has 1 aromatic rings. The molecular formula is C19H26N2O3. The molecule has 1 aliphatic heterocycles. The van der Waals surface area contributed by atoms with Crippen molar-refractivity contribution in [2.45, 2.75) is 45.4 Å². The highest BCUT2D eigenvalue weighted by Gasteiger charge is 2.24. The average molecular weight is 330 g/mol. The first-order valence-corrected chi connectivity index (χ1v) is 8.43. The van der Waals surface area contributed by atoms with Crippen LogP contribution in [-0.2, 0) is 16.1 Å². The molecule has 1 aliphatic rings. The summed E-state index contributed by atoms with van der Waals surface area (Å²) in [5, 5.41) is 2.71. The van der Waals surface area contributed by atoms with Crippen molar-refractivity contribution < 1.29 is 14.3 Å². The molecule has 1 N–H and O–H groups in total. The van der Waals surface area contributed by atoms with Crippen molar-refractivity contribution in [3.8, 4) is 0 Å². The molecular weight excluding hydrogens is 304 g/mol. The van der Waals surface area contributed by atoms with Crippen LogP contribution in [0, 0.1) is 0 Å². The molecule has 1 saturated heterocycles. The molecule has 1 heterocycles. The fourth-order valence-corrected chi connectivity index (χ4v) is 2.79. The molecule has 0 radical (unpaired) electrons. The lowest BCUT2D eigenvalue weighted by molar-refractivity contribution is -0.116. The molecule has 1 aromatic carbocycles. The largest absolute Gasteiger partial charge is 0.375 e. The fraction of sp³-hybridized carbons (Fsp3) is 0.474. The molecule has 2 amide bonds. The van der Waals surface area contributed by atoms with Crippen molar-refractivity contribution in [1.82, 2.24) is 10.2 Å². The smallest absolute Gasteiger partial charge is 0.253 e. The number of piperidine rings is 1. The van der Waals surface area contributed by atoms with Gasteiger partial charge in [0.2, 0.25) is 5.91 Å². The van der Waals surface area contributed by atoms with Crippen molar-refractivity contribution >= 4 is 11.8 Å². The summed E-state index contributed by atoms with van der Waals surface area (Å²) in [6.45, 7) is 9.38. The predicted octanol–water partition coefficient (Wildman–Crippen LogP) is 2.52. The topological polar surface area (TPSA) is 58.6 Å². The van der Waals surface area contributed by atoms with Crippen LogP contribution in [0.1, 0.15) is 42.6 Å². The molecule has 130 valence electrons. The second kappa shape index (κ2) is 8.64. The Bertz CT molecular complexity index is 573. The van der Waals surface area contributed by atoms with E-state index in [1.165, 1.54) is 6.08 Å². The normalized spacial score (nSPS) is 15.4. The van der Waals surface area contributed by atoms with Crippen LogP contribution in [0.5, 0.6) is 0 Å². The summed E-state index contributed by atoms with van der Waals surface area (Å²) in [7, 11) is 0. The minimum absolute atomic E-state index is 0.0553. The zero-order valence-corrected chi connectivity index (χ0v) is 14.5. The van der Waals surface area contributed by atoms with Crippen LogP contribution in [0.25, 0.3) is 0 Å². The number of likely N-dealkylation sites (tertiary alicyclic amines) is 1. The molecule has 0 aliphatic carbocycles. The van der Waals surface area contributed by atoms with E-state index >= 15 is 0 Å². The van der Waals surface area contributed by atoms with Gasteiger partial charge in [-0.1, -0.05) is 18.7 Å². The van der Waals surface area contributed by atoms with Crippen molar-refractivity contribution in [3.63, 3.8) is 0 Å². The quantitative estimate of drug-likeness (QED) is 0.816. The highest BCUT2D eigenvalue weighted by Crippen LogP contribution is 2.18. The molecule has 0 atom stereocenters. The summed E-state index contributed by atoms with van der Waals surface area (Å²) in [6, 6.07) is 7.36. The van der Waals surface area contributed by atoms with Gasteiger partial charge in [0, 0.05) is 25.2 Å². The lowest BCUT2D eigenvalue weighted by atomic mass is 10.1. The number of amides is 2. The Morgan fingerprint density at radius 3 is 2.46 bits per heavy atom. The van der Waals surface area contributed by atoms with E-state index in [1.807, 2.05) is 43.0 Å². The van der Waals surface area contributed by atoms with Crippen LogP contribution >= 0.6 is 0 Å². The molecule has 0 bridgehead atoms. The van der Waals surface area contributed by atoms with Crippen LogP contribution in [0.3, 0.4) is 0 Å². The molecule has 0 spiro atoms. The molecule has 0 aromatic heterocycles. The minimum Gasteiger partial charge on any atom is -0.375 e. The van der Waals surface area contributed by atoms with Gasteiger partial charge in [0.15, 0.2) is 0 Å². The average Bonchev–Trinajstić information content (AvgIpc) is 2.59. The number of ether oxygens (including phenoxy) is 1. The van der Waals surface area contributed by atoms with Crippen molar-refractivity contribution in [3.05, 3.63) is 48.0 Å². The number of carbonyl (C=O) groups is 2. The maximum Gasteiger partial charge on any atom is 0.253 e. The zero-order valence-electron chi connectivity index (χ0n) is 14.5. The van der Waals surface area contributed by atoms with Gasteiger partial charge in [-0.2, -0.15) is 0 Å². The molecule has 0 saturated carbocycles.